The lowest BCUT2D eigenvalue weighted by Gasteiger charge is -2.38. The van der Waals surface area contributed by atoms with Crippen LogP contribution in [0.4, 0.5) is 5.82 Å². The number of pyridine rings is 1. The first kappa shape index (κ1) is 13.8. The Bertz CT molecular complexity index is 586. The number of anilines is 1. The second-order valence-electron chi connectivity index (χ2n) is 5.19. The summed E-state index contributed by atoms with van der Waals surface area (Å²) >= 11 is 0. The highest BCUT2D eigenvalue weighted by molar-refractivity contribution is 7.90. The van der Waals surface area contributed by atoms with Gasteiger partial charge < -0.3 is 14.4 Å². The molecule has 3 heterocycles. The van der Waals surface area contributed by atoms with E-state index >= 15 is 0 Å². The largest absolute Gasteiger partial charge is 0.355 e. The summed E-state index contributed by atoms with van der Waals surface area (Å²) in [6, 6.07) is 3.25. The molecule has 2 aliphatic rings. The van der Waals surface area contributed by atoms with Gasteiger partial charge in [-0.2, -0.15) is 0 Å². The fraction of sp³-hybridized carbons (Fsp3) is 0.615. The van der Waals surface area contributed by atoms with Crippen molar-refractivity contribution in [1.82, 2.24) is 4.98 Å². The topological polar surface area (TPSA) is 68.7 Å². The number of hydrogen-bond donors (Lipinski definition) is 0. The van der Waals surface area contributed by atoms with Crippen LogP contribution in [0.3, 0.4) is 0 Å². The Morgan fingerprint density at radius 1 is 1.25 bits per heavy atom. The maximum atomic E-state index is 11.8. The van der Waals surface area contributed by atoms with Gasteiger partial charge >= 0.3 is 0 Å². The van der Waals surface area contributed by atoms with Gasteiger partial charge in [-0.1, -0.05) is 0 Å². The number of ether oxygens (including phenoxy) is 2. The molecule has 0 aliphatic carbocycles. The van der Waals surface area contributed by atoms with Crippen molar-refractivity contribution in [2.45, 2.75) is 23.5 Å². The Balaban J connectivity index is 1.82. The first-order valence-electron chi connectivity index (χ1n) is 6.68. The Morgan fingerprint density at radius 2 is 1.90 bits per heavy atom. The standard InChI is InChI=1S/C13H18N2O4S/c1-20(16,17)11-3-2-6-14-12(11)15-7-4-13(5-8-15)18-9-10-19-13/h2-3,6H,4-5,7-10H2,1H3. The minimum Gasteiger partial charge on any atom is -0.355 e. The molecule has 0 saturated carbocycles. The molecular weight excluding hydrogens is 280 g/mol. The Morgan fingerprint density at radius 3 is 2.50 bits per heavy atom. The molecule has 0 N–H and O–H groups in total. The van der Waals surface area contributed by atoms with Gasteiger partial charge in [0, 0.05) is 38.4 Å². The molecule has 2 saturated heterocycles. The number of aromatic nitrogens is 1. The van der Waals surface area contributed by atoms with Gasteiger partial charge in [-0.05, 0) is 12.1 Å². The molecule has 2 aliphatic heterocycles. The fourth-order valence-electron chi connectivity index (χ4n) is 2.75. The third kappa shape index (κ3) is 2.53. The summed E-state index contributed by atoms with van der Waals surface area (Å²) in [6.45, 7) is 2.63. The molecule has 1 aromatic heterocycles. The molecule has 0 radical (unpaired) electrons. The summed E-state index contributed by atoms with van der Waals surface area (Å²) < 4.78 is 35.0. The molecule has 20 heavy (non-hydrogen) atoms. The fourth-order valence-corrected chi connectivity index (χ4v) is 3.59. The van der Waals surface area contributed by atoms with Crippen molar-refractivity contribution in [1.29, 1.82) is 0 Å². The average molecular weight is 298 g/mol. The number of nitrogens with zero attached hydrogens (tertiary/aromatic N) is 2. The zero-order valence-corrected chi connectivity index (χ0v) is 12.2. The van der Waals surface area contributed by atoms with E-state index in [1.165, 1.54) is 6.26 Å². The average Bonchev–Trinajstić information content (AvgIpc) is 2.87. The van der Waals surface area contributed by atoms with E-state index in [1.54, 1.807) is 18.3 Å². The number of piperidine rings is 1. The van der Waals surface area contributed by atoms with E-state index in [-0.39, 0.29) is 4.90 Å². The first-order valence-corrected chi connectivity index (χ1v) is 8.57. The highest BCUT2D eigenvalue weighted by Gasteiger charge is 2.40. The van der Waals surface area contributed by atoms with Crippen molar-refractivity contribution >= 4 is 15.7 Å². The molecule has 0 atom stereocenters. The van der Waals surface area contributed by atoms with E-state index in [1.807, 2.05) is 4.90 Å². The Hall–Kier alpha value is -1.18. The molecule has 1 aromatic rings. The molecule has 0 bridgehead atoms. The van der Waals surface area contributed by atoms with Crippen LogP contribution < -0.4 is 4.90 Å². The maximum Gasteiger partial charge on any atom is 0.179 e. The van der Waals surface area contributed by atoms with Crippen LogP contribution in [0.5, 0.6) is 0 Å². The van der Waals surface area contributed by atoms with Crippen LogP contribution in [-0.4, -0.2) is 51.7 Å². The quantitative estimate of drug-likeness (QED) is 0.805. The maximum absolute atomic E-state index is 11.8. The smallest absolute Gasteiger partial charge is 0.179 e. The van der Waals surface area contributed by atoms with Crippen LogP contribution in [0.1, 0.15) is 12.8 Å². The van der Waals surface area contributed by atoms with Crippen molar-refractivity contribution in [2.24, 2.45) is 0 Å². The summed E-state index contributed by atoms with van der Waals surface area (Å²) in [5, 5.41) is 0. The third-order valence-corrected chi connectivity index (χ3v) is 4.91. The zero-order chi connectivity index (χ0) is 14.2. The normalized spacial score (nSPS) is 22.4. The summed E-state index contributed by atoms with van der Waals surface area (Å²) in [4.78, 5) is 6.52. The highest BCUT2D eigenvalue weighted by atomic mass is 32.2. The number of rotatable bonds is 2. The van der Waals surface area contributed by atoms with Crippen LogP contribution in [-0.2, 0) is 19.3 Å². The van der Waals surface area contributed by atoms with E-state index in [0.29, 0.717) is 32.1 Å². The molecule has 0 aromatic carbocycles. The van der Waals surface area contributed by atoms with Crippen LogP contribution in [0.2, 0.25) is 0 Å². The molecule has 110 valence electrons. The minimum atomic E-state index is -3.28. The lowest BCUT2D eigenvalue weighted by atomic mass is 10.0. The van der Waals surface area contributed by atoms with E-state index in [9.17, 15) is 8.42 Å². The molecule has 0 unspecified atom stereocenters. The number of hydrogen-bond acceptors (Lipinski definition) is 6. The predicted octanol–water partition coefficient (Wildman–Crippen LogP) is 0.828. The van der Waals surface area contributed by atoms with Crippen LogP contribution >= 0.6 is 0 Å². The lowest BCUT2D eigenvalue weighted by Crippen LogP contribution is -2.45. The molecule has 1 spiro atoms. The summed E-state index contributed by atoms with van der Waals surface area (Å²) in [7, 11) is -3.28. The molecule has 0 amide bonds. The van der Waals surface area contributed by atoms with Gasteiger partial charge in [0.2, 0.25) is 0 Å². The van der Waals surface area contributed by atoms with Gasteiger partial charge in [0.05, 0.1) is 13.2 Å². The Labute approximate surface area is 118 Å². The highest BCUT2D eigenvalue weighted by Crippen LogP contribution is 2.34. The van der Waals surface area contributed by atoms with Gasteiger partial charge in [-0.3, -0.25) is 0 Å². The van der Waals surface area contributed by atoms with Gasteiger partial charge in [-0.25, -0.2) is 13.4 Å². The first-order chi connectivity index (χ1) is 9.50. The van der Waals surface area contributed by atoms with Crippen molar-refractivity contribution in [3.8, 4) is 0 Å². The third-order valence-electron chi connectivity index (χ3n) is 3.79. The predicted molar refractivity (Wildman–Crippen MR) is 73.4 cm³/mol. The summed E-state index contributed by atoms with van der Waals surface area (Å²) in [5.74, 6) is 0.0686. The van der Waals surface area contributed by atoms with E-state index in [2.05, 4.69) is 4.98 Å². The second kappa shape index (κ2) is 4.98. The molecule has 6 nitrogen and oxygen atoms in total. The second-order valence-corrected chi connectivity index (χ2v) is 7.18. The Kier molecular flexibility index (Phi) is 3.43. The van der Waals surface area contributed by atoms with Crippen molar-refractivity contribution < 1.29 is 17.9 Å². The van der Waals surface area contributed by atoms with Crippen LogP contribution in [0.25, 0.3) is 0 Å². The van der Waals surface area contributed by atoms with E-state index in [0.717, 1.165) is 12.8 Å². The van der Waals surface area contributed by atoms with Gasteiger partial charge in [-0.15, -0.1) is 0 Å². The summed E-state index contributed by atoms with van der Waals surface area (Å²) in [5.41, 5.74) is 0. The van der Waals surface area contributed by atoms with E-state index in [4.69, 9.17) is 9.47 Å². The monoisotopic (exact) mass is 298 g/mol. The van der Waals surface area contributed by atoms with E-state index < -0.39 is 15.6 Å². The number of sulfone groups is 1. The van der Waals surface area contributed by atoms with Crippen LogP contribution in [0.15, 0.2) is 23.2 Å². The van der Waals surface area contributed by atoms with Crippen LogP contribution in [0, 0.1) is 0 Å². The molecular formula is C13H18N2O4S. The lowest BCUT2D eigenvalue weighted by molar-refractivity contribution is -0.169. The van der Waals surface area contributed by atoms with Crippen molar-refractivity contribution in [3.63, 3.8) is 0 Å². The molecule has 3 rings (SSSR count). The van der Waals surface area contributed by atoms with Crippen molar-refractivity contribution in [2.75, 3.05) is 37.5 Å². The minimum absolute atomic E-state index is 0.282. The zero-order valence-electron chi connectivity index (χ0n) is 11.4. The van der Waals surface area contributed by atoms with Gasteiger partial charge in [0.15, 0.2) is 15.6 Å². The van der Waals surface area contributed by atoms with Gasteiger partial charge in [0.1, 0.15) is 10.7 Å². The van der Waals surface area contributed by atoms with Gasteiger partial charge in [0.25, 0.3) is 0 Å². The summed E-state index contributed by atoms with van der Waals surface area (Å²) in [6.07, 6.45) is 4.29. The van der Waals surface area contributed by atoms with Crippen molar-refractivity contribution in [3.05, 3.63) is 18.3 Å². The SMILES string of the molecule is CS(=O)(=O)c1cccnc1N1CCC2(CC1)OCCO2. The molecule has 7 heteroatoms. The molecule has 2 fully saturated rings.